The monoisotopic (exact) mass is 444 g/mol. The number of thiophene rings is 1. The summed E-state index contributed by atoms with van der Waals surface area (Å²) in [5.74, 6) is 1.62. The van der Waals surface area contributed by atoms with Crippen LogP contribution in [0.2, 0.25) is 5.02 Å². The lowest BCUT2D eigenvalue weighted by molar-refractivity contribution is 0.230. The lowest BCUT2D eigenvalue weighted by Crippen LogP contribution is -2.10. The van der Waals surface area contributed by atoms with E-state index in [2.05, 4.69) is 4.98 Å². The molecule has 7 heteroatoms. The summed E-state index contributed by atoms with van der Waals surface area (Å²) < 4.78 is 11.2. The quantitative estimate of drug-likeness (QED) is 0.499. The molecule has 0 spiro atoms. The average Bonchev–Trinajstić information content (AvgIpc) is 2.89. The summed E-state index contributed by atoms with van der Waals surface area (Å²) in [5, 5.41) is 1.25. The van der Waals surface area contributed by atoms with Crippen LogP contribution < -0.4 is 15.0 Å². The zero-order chi connectivity index (χ0) is 21.3. The Morgan fingerprint density at radius 1 is 1.20 bits per heavy atom. The van der Waals surface area contributed by atoms with E-state index in [0.29, 0.717) is 22.3 Å². The molecule has 0 saturated heterocycles. The highest BCUT2D eigenvalue weighted by molar-refractivity contribution is 7.18. The molecular weight excluding hydrogens is 420 g/mol. The molecule has 2 heterocycles. The average molecular weight is 445 g/mol. The van der Waals surface area contributed by atoms with Crippen molar-refractivity contribution in [3.63, 3.8) is 0 Å². The summed E-state index contributed by atoms with van der Waals surface area (Å²) in [6.07, 6.45) is 9.20. The Balaban J connectivity index is 1.67. The molecule has 0 unspecified atom stereocenters. The lowest BCUT2D eigenvalue weighted by Gasteiger charge is -2.15. The maximum atomic E-state index is 12.8. The van der Waals surface area contributed by atoms with Gasteiger partial charge in [-0.1, -0.05) is 24.1 Å². The first-order valence-electron chi connectivity index (χ1n) is 10.2. The molecule has 5 nitrogen and oxygen atoms in total. The van der Waals surface area contributed by atoms with Crippen molar-refractivity contribution in [2.45, 2.75) is 52.1 Å². The minimum Gasteiger partial charge on any atom is -0.493 e. The molecule has 0 fully saturated rings. The van der Waals surface area contributed by atoms with E-state index >= 15 is 0 Å². The maximum absolute atomic E-state index is 12.8. The predicted molar refractivity (Wildman–Crippen MR) is 124 cm³/mol. The van der Waals surface area contributed by atoms with Crippen LogP contribution in [0.15, 0.2) is 16.9 Å². The smallest absolute Gasteiger partial charge is 0.260 e. The third-order valence-corrected chi connectivity index (χ3v) is 6.60. The normalized spacial score (nSPS) is 14.3. The first kappa shape index (κ1) is 20.9. The van der Waals surface area contributed by atoms with Gasteiger partial charge in [-0.2, -0.15) is 0 Å². The van der Waals surface area contributed by atoms with Crippen LogP contribution in [-0.2, 0) is 12.8 Å². The molecule has 30 heavy (non-hydrogen) atoms. The van der Waals surface area contributed by atoms with Crippen molar-refractivity contribution in [2.24, 2.45) is 0 Å². The van der Waals surface area contributed by atoms with Gasteiger partial charge < -0.3 is 14.5 Å². The molecule has 4 rings (SSSR count). The van der Waals surface area contributed by atoms with E-state index in [9.17, 15) is 4.79 Å². The molecule has 2 aromatic heterocycles. The number of ether oxygens (including phenoxy) is 2. The summed E-state index contributed by atoms with van der Waals surface area (Å²) in [6.45, 7) is 3.87. The number of halogens is 1. The third kappa shape index (κ3) is 4.25. The van der Waals surface area contributed by atoms with Gasteiger partial charge in [-0.05, 0) is 68.9 Å². The van der Waals surface area contributed by atoms with Crippen molar-refractivity contribution in [2.75, 3.05) is 7.11 Å². The molecule has 0 bridgehead atoms. The number of hydrogen-bond donors (Lipinski definition) is 1. The fraction of sp³-hybridized carbons (Fsp3) is 0.391. The fourth-order valence-electron chi connectivity index (χ4n) is 3.80. The van der Waals surface area contributed by atoms with Gasteiger partial charge in [0.15, 0.2) is 11.5 Å². The van der Waals surface area contributed by atoms with Crippen molar-refractivity contribution in [3.8, 4) is 11.5 Å². The van der Waals surface area contributed by atoms with Crippen molar-refractivity contribution >= 4 is 45.3 Å². The van der Waals surface area contributed by atoms with Gasteiger partial charge in [0.05, 0.1) is 23.6 Å². The van der Waals surface area contributed by atoms with Gasteiger partial charge in [-0.3, -0.25) is 4.79 Å². The molecule has 0 radical (unpaired) electrons. The molecule has 158 valence electrons. The fourth-order valence-corrected chi connectivity index (χ4v) is 5.33. The number of H-pyrrole nitrogens is 1. The number of hydrogen-bond acceptors (Lipinski definition) is 5. The molecule has 1 aliphatic rings. The standard InChI is InChI=1S/C23H25ClN2O3S/c1-13(2)29-21-16(24)11-14(12-17(21)28-3)9-10-19-25-22(27)20-15-7-5-4-6-8-18(15)30-23(20)26-19/h9-13H,4-8H2,1-3H3,(H,25,26,27)/b10-9+. The SMILES string of the molecule is COc1cc(/C=C/c2nc3sc4c(c3c(=O)[nH]2)CCCCC4)cc(Cl)c1OC(C)C. The zero-order valence-corrected chi connectivity index (χ0v) is 19.0. The lowest BCUT2D eigenvalue weighted by atomic mass is 10.1. The summed E-state index contributed by atoms with van der Waals surface area (Å²) in [7, 11) is 1.58. The zero-order valence-electron chi connectivity index (χ0n) is 17.4. The molecule has 0 saturated carbocycles. The third-order valence-electron chi connectivity index (χ3n) is 5.13. The number of nitrogens with zero attached hydrogens (tertiary/aromatic N) is 1. The van der Waals surface area contributed by atoms with Gasteiger partial charge in [0.2, 0.25) is 0 Å². The van der Waals surface area contributed by atoms with Crippen molar-refractivity contribution in [1.82, 2.24) is 9.97 Å². The second kappa shape index (κ2) is 8.82. The van der Waals surface area contributed by atoms with Gasteiger partial charge in [-0.25, -0.2) is 4.98 Å². The van der Waals surface area contributed by atoms with Crippen LogP contribution in [0.4, 0.5) is 0 Å². The van der Waals surface area contributed by atoms with Crippen molar-refractivity contribution in [3.05, 3.63) is 49.3 Å². The van der Waals surface area contributed by atoms with Crippen LogP contribution >= 0.6 is 22.9 Å². The topological polar surface area (TPSA) is 64.2 Å². The predicted octanol–water partition coefficient (Wildman–Crippen LogP) is 5.87. The Labute approximate surface area is 184 Å². The first-order valence-corrected chi connectivity index (χ1v) is 11.4. The highest BCUT2D eigenvalue weighted by Gasteiger charge is 2.18. The second-order valence-corrected chi connectivity index (χ2v) is 9.22. The van der Waals surface area contributed by atoms with E-state index in [1.54, 1.807) is 24.5 Å². The van der Waals surface area contributed by atoms with Gasteiger partial charge in [0, 0.05) is 4.88 Å². The second-order valence-electron chi connectivity index (χ2n) is 7.73. The first-order chi connectivity index (χ1) is 14.5. The summed E-state index contributed by atoms with van der Waals surface area (Å²) in [6, 6.07) is 3.66. The summed E-state index contributed by atoms with van der Waals surface area (Å²) in [4.78, 5) is 22.5. The summed E-state index contributed by atoms with van der Waals surface area (Å²) in [5.41, 5.74) is 1.97. The molecule has 1 aliphatic carbocycles. The number of nitrogens with one attached hydrogen (secondary N) is 1. The van der Waals surface area contributed by atoms with E-state index in [-0.39, 0.29) is 11.7 Å². The summed E-state index contributed by atoms with van der Waals surface area (Å²) >= 11 is 8.06. The van der Waals surface area contributed by atoms with Gasteiger partial charge in [0.25, 0.3) is 5.56 Å². The molecule has 0 aliphatic heterocycles. The molecule has 1 aromatic carbocycles. The number of methoxy groups -OCH3 is 1. The molecule has 1 N–H and O–H groups in total. The number of aromatic amines is 1. The van der Waals surface area contributed by atoms with E-state index in [1.165, 1.54) is 23.3 Å². The Hall–Kier alpha value is -2.31. The maximum Gasteiger partial charge on any atom is 0.260 e. The number of rotatable bonds is 5. The number of aromatic nitrogens is 2. The van der Waals surface area contributed by atoms with E-state index < -0.39 is 0 Å². The molecule has 3 aromatic rings. The minimum atomic E-state index is -0.0599. The molecule has 0 amide bonds. The van der Waals surface area contributed by atoms with Gasteiger partial charge in [0.1, 0.15) is 10.7 Å². The largest absolute Gasteiger partial charge is 0.493 e. The minimum absolute atomic E-state index is 0.0142. The number of fused-ring (bicyclic) bond motifs is 3. The number of aryl methyl sites for hydroxylation is 2. The van der Waals surface area contributed by atoms with Crippen LogP contribution in [0.25, 0.3) is 22.4 Å². The molecular formula is C23H25ClN2O3S. The van der Waals surface area contributed by atoms with Gasteiger partial charge >= 0.3 is 0 Å². The van der Waals surface area contributed by atoms with Crippen LogP contribution in [0.5, 0.6) is 11.5 Å². The van der Waals surface area contributed by atoms with Crippen molar-refractivity contribution in [1.29, 1.82) is 0 Å². The van der Waals surface area contributed by atoms with Gasteiger partial charge in [-0.15, -0.1) is 11.3 Å². The Kier molecular flexibility index (Phi) is 6.16. The Bertz CT molecular complexity index is 1160. The van der Waals surface area contributed by atoms with Crippen molar-refractivity contribution < 1.29 is 9.47 Å². The van der Waals surface area contributed by atoms with E-state index in [4.69, 9.17) is 26.1 Å². The molecule has 0 atom stereocenters. The highest BCUT2D eigenvalue weighted by atomic mass is 35.5. The number of benzene rings is 1. The van der Waals surface area contributed by atoms with Crippen LogP contribution in [0, 0.1) is 0 Å². The van der Waals surface area contributed by atoms with E-state index in [0.717, 1.165) is 35.0 Å². The van der Waals surface area contributed by atoms with Crippen LogP contribution in [-0.4, -0.2) is 23.2 Å². The Morgan fingerprint density at radius 2 is 2.00 bits per heavy atom. The Morgan fingerprint density at radius 3 is 2.77 bits per heavy atom. The van der Waals surface area contributed by atoms with Crippen LogP contribution in [0.3, 0.4) is 0 Å². The van der Waals surface area contributed by atoms with Crippen LogP contribution in [0.1, 0.15) is 54.9 Å². The van der Waals surface area contributed by atoms with E-state index in [1.807, 2.05) is 32.1 Å². The highest BCUT2D eigenvalue weighted by Crippen LogP contribution is 2.37.